The van der Waals surface area contributed by atoms with Crippen molar-refractivity contribution in [3.05, 3.63) is 17.8 Å². The van der Waals surface area contributed by atoms with Crippen molar-refractivity contribution >= 4 is 5.91 Å². The van der Waals surface area contributed by atoms with Crippen LogP contribution in [0.3, 0.4) is 0 Å². The van der Waals surface area contributed by atoms with Gasteiger partial charge in [-0.25, -0.2) is 4.98 Å². The molecule has 0 radical (unpaired) electrons. The van der Waals surface area contributed by atoms with E-state index in [1.54, 1.807) is 27.0 Å². The quantitative estimate of drug-likeness (QED) is 0.809. The standard InChI is InChI=1S/C10H16N2O3/c1-7-5-11-8(15-7)6-12-9(13)10(2,3)14-4/h5H,6H2,1-4H3,(H,12,13). The lowest BCUT2D eigenvalue weighted by Gasteiger charge is -2.20. The van der Waals surface area contributed by atoms with Crippen LogP contribution in [0.2, 0.25) is 0 Å². The van der Waals surface area contributed by atoms with Crippen molar-refractivity contribution in [2.45, 2.75) is 32.9 Å². The number of ether oxygens (including phenoxy) is 1. The first-order valence-electron chi connectivity index (χ1n) is 4.70. The maximum absolute atomic E-state index is 11.6. The lowest BCUT2D eigenvalue weighted by atomic mass is 10.1. The summed E-state index contributed by atoms with van der Waals surface area (Å²) in [6.45, 7) is 5.48. The number of oxazole rings is 1. The predicted molar refractivity (Wildman–Crippen MR) is 54.2 cm³/mol. The molecule has 0 bridgehead atoms. The normalized spacial score (nSPS) is 11.5. The number of methoxy groups -OCH3 is 1. The van der Waals surface area contributed by atoms with Gasteiger partial charge in [0.25, 0.3) is 5.91 Å². The van der Waals surface area contributed by atoms with Gasteiger partial charge in [0.1, 0.15) is 11.4 Å². The molecule has 84 valence electrons. The highest BCUT2D eigenvalue weighted by atomic mass is 16.5. The summed E-state index contributed by atoms with van der Waals surface area (Å²) in [5, 5.41) is 2.68. The summed E-state index contributed by atoms with van der Waals surface area (Å²) in [5.74, 6) is 1.03. The molecule has 1 aromatic rings. The molecule has 0 saturated heterocycles. The molecule has 0 unspecified atom stereocenters. The van der Waals surface area contributed by atoms with Crippen molar-refractivity contribution in [2.75, 3.05) is 7.11 Å². The van der Waals surface area contributed by atoms with Crippen LogP contribution in [0.4, 0.5) is 0 Å². The zero-order valence-electron chi connectivity index (χ0n) is 9.46. The van der Waals surface area contributed by atoms with E-state index in [9.17, 15) is 4.79 Å². The molecule has 0 saturated carbocycles. The Morgan fingerprint density at radius 3 is 2.80 bits per heavy atom. The van der Waals surface area contributed by atoms with E-state index in [4.69, 9.17) is 9.15 Å². The first-order valence-corrected chi connectivity index (χ1v) is 4.70. The summed E-state index contributed by atoms with van der Waals surface area (Å²) in [7, 11) is 1.49. The molecule has 0 atom stereocenters. The summed E-state index contributed by atoms with van der Waals surface area (Å²) in [6.07, 6.45) is 1.61. The Hall–Kier alpha value is -1.36. The SMILES string of the molecule is COC(C)(C)C(=O)NCc1ncc(C)o1. The van der Waals surface area contributed by atoms with E-state index in [-0.39, 0.29) is 12.5 Å². The zero-order chi connectivity index (χ0) is 11.5. The van der Waals surface area contributed by atoms with Crippen molar-refractivity contribution in [1.29, 1.82) is 0 Å². The van der Waals surface area contributed by atoms with Gasteiger partial charge in [-0.3, -0.25) is 4.79 Å². The van der Waals surface area contributed by atoms with Gasteiger partial charge < -0.3 is 14.5 Å². The van der Waals surface area contributed by atoms with Crippen LogP contribution >= 0.6 is 0 Å². The highest BCUT2D eigenvalue weighted by molar-refractivity contribution is 5.84. The molecule has 0 spiro atoms. The Morgan fingerprint density at radius 1 is 1.67 bits per heavy atom. The third kappa shape index (κ3) is 3.06. The molecule has 15 heavy (non-hydrogen) atoms. The van der Waals surface area contributed by atoms with Gasteiger partial charge in [-0.15, -0.1) is 0 Å². The highest BCUT2D eigenvalue weighted by Gasteiger charge is 2.26. The van der Waals surface area contributed by atoms with Crippen LogP contribution in [-0.4, -0.2) is 23.6 Å². The van der Waals surface area contributed by atoms with Crippen molar-refractivity contribution in [1.82, 2.24) is 10.3 Å². The van der Waals surface area contributed by atoms with Crippen LogP contribution in [0.15, 0.2) is 10.6 Å². The second-order valence-electron chi connectivity index (χ2n) is 3.76. The number of rotatable bonds is 4. The molecule has 1 N–H and O–H groups in total. The van der Waals surface area contributed by atoms with Gasteiger partial charge in [-0.05, 0) is 20.8 Å². The molecule has 0 aromatic carbocycles. The van der Waals surface area contributed by atoms with Crippen LogP contribution in [-0.2, 0) is 16.1 Å². The number of hydrogen-bond donors (Lipinski definition) is 1. The number of amides is 1. The van der Waals surface area contributed by atoms with E-state index >= 15 is 0 Å². The Labute approximate surface area is 88.8 Å². The highest BCUT2D eigenvalue weighted by Crippen LogP contribution is 2.08. The number of nitrogens with zero attached hydrogens (tertiary/aromatic N) is 1. The molecule has 0 aliphatic carbocycles. The van der Waals surface area contributed by atoms with Gasteiger partial charge in [0, 0.05) is 7.11 Å². The van der Waals surface area contributed by atoms with Gasteiger partial charge in [0.2, 0.25) is 5.89 Å². The van der Waals surface area contributed by atoms with Crippen molar-refractivity contribution < 1.29 is 13.9 Å². The average molecular weight is 212 g/mol. The molecule has 0 aliphatic rings. The number of aryl methyl sites for hydroxylation is 1. The largest absolute Gasteiger partial charge is 0.444 e. The minimum atomic E-state index is -0.832. The van der Waals surface area contributed by atoms with Crippen molar-refractivity contribution in [2.24, 2.45) is 0 Å². The first-order chi connectivity index (χ1) is 6.95. The number of nitrogens with one attached hydrogen (secondary N) is 1. The van der Waals surface area contributed by atoms with E-state index in [2.05, 4.69) is 10.3 Å². The molecular formula is C10H16N2O3. The second-order valence-corrected chi connectivity index (χ2v) is 3.76. The minimum Gasteiger partial charge on any atom is -0.444 e. The number of aromatic nitrogens is 1. The van der Waals surface area contributed by atoms with Crippen LogP contribution in [0.25, 0.3) is 0 Å². The summed E-state index contributed by atoms with van der Waals surface area (Å²) in [5.41, 5.74) is -0.832. The summed E-state index contributed by atoms with van der Waals surface area (Å²) in [6, 6.07) is 0. The third-order valence-electron chi connectivity index (χ3n) is 2.13. The predicted octanol–water partition coefficient (Wildman–Crippen LogP) is 1.02. The summed E-state index contributed by atoms with van der Waals surface area (Å²) < 4.78 is 10.2. The van der Waals surface area contributed by atoms with Crippen LogP contribution in [0.1, 0.15) is 25.5 Å². The zero-order valence-corrected chi connectivity index (χ0v) is 9.46. The third-order valence-corrected chi connectivity index (χ3v) is 2.13. The molecule has 5 heteroatoms. The van der Waals surface area contributed by atoms with Gasteiger partial charge >= 0.3 is 0 Å². The molecule has 0 aliphatic heterocycles. The van der Waals surface area contributed by atoms with Gasteiger partial charge in [-0.2, -0.15) is 0 Å². The Balaban J connectivity index is 2.47. The fraction of sp³-hybridized carbons (Fsp3) is 0.600. The number of carbonyl (C=O) groups excluding carboxylic acids is 1. The maximum atomic E-state index is 11.6. The molecule has 1 rings (SSSR count). The van der Waals surface area contributed by atoms with Crippen molar-refractivity contribution in [3.8, 4) is 0 Å². The van der Waals surface area contributed by atoms with E-state index in [0.717, 1.165) is 5.76 Å². The monoisotopic (exact) mass is 212 g/mol. The Bertz CT molecular complexity index is 344. The van der Waals surface area contributed by atoms with E-state index in [1.165, 1.54) is 7.11 Å². The number of carbonyl (C=O) groups is 1. The topological polar surface area (TPSA) is 64.4 Å². The summed E-state index contributed by atoms with van der Waals surface area (Å²) in [4.78, 5) is 15.5. The molecule has 1 amide bonds. The van der Waals surface area contributed by atoms with E-state index in [0.29, 0.717) is 5.89 Å². The fourth-order valence-electron chi connectivity index (χ4n) is 0.945. The minimum absolute atomic E-state index is 0.194. The lowest BCUT2D eigenvalue weighted by molar-refractivity contribution is -0.139. The molecule has 1 aromatic heterocycles. The van der Waals surface area contributed by atoms with Crippen LogP contribution < -0.4 is 5.32 Å². The number of hydrogen-bond acceptors (Lipinski definition) is 4. The first kappa shape index (κ1) is 11.7. The van der Waals surface area contributed by atoms with Gasteiger partial charge in [0.05, 0.1) is 12.7 Å². The smallest absolute Gasteiger partial charge is 0.252 e. The van der Waals surface area contributed by atoms with Gasteiger partial charge in [-0.1, -0.05) is 0 Å². The molecule has 1 heterocycles. The second kappa shape index (κ2) is 4.44. The van der Waals surface area contributed by atoms with Crippen LogP contribution in [0, 0.1) is 6.92 Å². The lowest BCUT2D eigenvalue weighted by Crippen LogP contribution is -2.43. The van der Waals surface area contributed by atoms with Crippen molar-refractivity contribution in [3.63, 3.8) is 0 Å². The average Bonchev–Trinajstić information content (AvgIpc) is 2.60. The fourth-order valence-corrected chi connectivity index (χ4v) is 0.945. The Morgan fingerprint density at radius 2 is 2.33 bits per heavy atom. The molecule has 5 nitrogen and oxygen atoms in total. The van der Waals surface area contributed by atoms with E-state index < -0.39 is 5.60 Å². The Kier molecular flexibility index (Phi) is 3.47. The maximum Gasteiger partial charge on any atom is 0.252 e. The van der Waals surface area contributed by atoms with Gasteiger partial charge in [0.15, 0.2) is 0 Å². The molecular weight excluding hydrogens is 196 g/mol. The van der Waals surface area contributed by atoms with E-state index in [1.807, 2.05) is 0 Å². The van der Waals surface area contributed by atoms with Crippen LogP contribution in [0.5, 0.6) is 0 Å². The molecule has 0 fully saturated rings. The summed E-state index contributed by atoms with van der Waals surface area (Å²) >= 11 is 0.